The van der Waals surface area contributed by atoms with Crippen molar-refractivity contribution in [3.63, 3.8) is 0 Å². The standard InChI is InChI=1S/C20H22N2O/c1-16-20-7-4-10-22(20)12-11-21(16)13-14-23-19-9-8-17-5-2-3-6-18(17)15-19/h2-10,15-16H,11-14H2,1H3. The molecule has 0 saturated carbocycles. The SMILES string of the molecule is CC1c2cccn2CCN1CCOc1ccc2ccccc2c1. The molecule has 0 spiro atoms. The Balaban J connectivity index is 1.38. The smallest absolute Gasteiger partial charge is 0.120 e. The van der Waals surface area contributed by atoms with Crippen molar-refractivity contribution < 1.29 is 4.74 Å². The Bertz CT molecular complexity index is 808. The number of nitrogens with zero attached hydrogens (tertiary/aromatic N) is 2. The fraction of sp³-hybridized carbons (Fsp3) is 0.300. The molecule has 0 N–H and O–H groups in total. The van der Waals surface area contributed by atoms with Gasteiger partial charge < -0.3 is 9.30 Å². The molecule has 2 heterocycles. The highest BCUT2D eigenvalue weighted by Crippen LogP contribution is 2.25. The van der Waals surface area contributed by atoms with Gasteiger partial charge in [0.05, 0.1) is 0 Å². The molecule has 1 aliphatic heterocycles. The van der Waals surface area contributed by atoms with Crippen molar-refractivity contribution in [2.24, 2.45) is 0 Å². The fourth-order valence-corrected chi connectivity index (χ4v) is 3.47. The highest BCUT2D eigenvalue weighted by molar-refractivity contribution is 5.83. The Kier molecular flexibility index (Phi) is 3.80. The zero-order valence-corrected chi connectivity index (χ0v) is 13.5. The lowest BCUT2D eigenvalue weighted by Gasteiger charge is -2.34. The molecule has 23 heavy (non-hydrogen) atoms. The Hall–Kier alpha value is -2.26. The number of aromatic nitrogens is 1. The van der Waals surface area contributed by atoms with Crippen LogP contribution in [0, 0.1) is 0 Å². The summed E-state index contributed by atoms with van der Waals surface area (Å²) in [6.07, 6.45) is 2.18. The molecule has 1 atom stereocenters. The van der Waals surface area contributed by atoms with Gasteiger partial charge in [0.25, 0.3) is 0 Å². The van der Waals surface area contributed by atoms with Gasteiger partial charge in [0.1, 0.15) is 12.4 Å². The van der Waals surface area contributed by atoms with E-state index in [0.29, 0.717) is 6.04 Å². The molecule has 2 aromatic carbocycles. The Labute approximate surface area is 137 Å². The van der Waals surface area contributed by atoms with Crippen LogP contribution in [-0.4, -0.2) is 29.2 Å². The van der Waals surface area contributed by atoms with Gasteiger partial charge in [0, 0.05) is 37.6 Å². The minimum Gasteiger partial charge on any atom is -0.492 e. The van der Waals surface area contributed by atoms with E-state index in [4.69, 9.17) is 4.74 Å². The second kappa shape index (κ2) is 6.09. The first kappa shape index (κ1) is 14.3. The van der Waals surface area contributed by atoms with E-state index < -0.39 is 0 Å². The summed E-state index contributed by atoms with van der Waals surface area (Å²) in [6.45, 7) is 6.12. The predicted octanol–water partition coefficient (Wildman–Crippen LogP) is 4.10. The summed E-state index contributed by atoms with van der Waals surface area (Å²) in [5, 5.41) is 2.49. The normalized spacial score (nSPS) is 18.0. The molecule has 3 nitrogen and oxygen atoms in total. The van der Waals surface area contributed by atoms with E-state index in [1.807, 2.05) is 0 Å². The third-order valence-corrected chi connectivity index (χ3v) is 4.84. The molecule has 0 saturated heterocycles. The minimum atomic E-state index is 0.457. The maximum Gasteiger partial charge on any atom is 0.120 e. The van der Waals surface area contributed by atoms with Crippen LogP contribution < -0.4 is 4.74 Å². The Morgan fingerprint density at radius 3 is 2.78 bits per heavy atom. The van der Waals surface area contributed by atoms with Gasteiger partial charge in [-0.05, 0) is 42.0 Å². The van der Waals surface area contributed by atoms with Gasteiger partial charge in [0.15, 0.2) is 0 Å². The van der Waals surface area contributed by atoms with Gasteiger partial charge in [-0.1, -0.05) is 30.3 Å². The van der Waals surface area contributed by atoms with E-state index in [1.54, 1.807) is 0 Å². The van der Waals surface area contributed by atoms with E-state index in [9.17, 15) is 0 Å². The fourth-order valence-electron chi connectivity index (χ4n) is 3.47. The summed E-state index contributed by atoms with van der Waals surface area (Å²) in [6, 6.07) is 19.5. The average Bonchev–Trinajstić information content (AvgIpc) is 3.06. The molecule has 0 bridgehead atoms. The molecule has 3 heteroatoms. The molecule has 0 aliphatic carbocycles. The zero-order valence-electron chi connectivity index (χ0n) is 13.5. The van der Waals surface area contributed by atoms with Crippen molar-refractivity contribution in [2.45, 2.75) is 19.5 Å². The van der Waals surface area contributed by atoms with Gasteiger partial charge in [-0.25, -0.2) is 0 Å². The highest BCUT2D eigenvalue weighted by atomic mass is 16.5. The first-order valence-corrected chi connectivity index (χ1v) is 8.32. The summed E-state index contributed by atoms with van der Waals surface area (Å²) < 4.78 is 8.34. The third-order valence-electron chi connectivity index (χ3n) is 4.84. The lowest BCUT2D eigenvalue weighted by atomic mass is 10.1. The van der Waals surface area contributed by atoms with Gasteiger partial charge in [-0.3, -0.25) is 4.90 Å². The molecule has 0 fully saturated rings. The van der Waals surface area contributed by atoms with E-state index in [0.717, 1.165) is 32.0 Å². The molecule has 0 radical (unpaired) electrons. The number of hydrogen-bond donors (Lipinski definition) is 0. The average molecular weight is 306 g/mol. The second-order valence-electron chi connectivity index (χ2n) is 6.20. The predicted molar refractivity (Wildman–Crippen MR) is 93.9 cm³/mol. The van der Waals surface area contributed by atoms with E-state index in [-0.39, 0.29) is 0 Å². The van der Waals surface area contributed by atoms with Crippen LogP contribution in [0.1, 0.15) is 18.7 Å². The molecule has 0 amide bonds. The van der Waals surface area contributed by atoms with E-state index >= 15 is 0 Å². The lowest BCUT2D eigenvalue weighted by Crippen LogP contribution is -2.38. The van der Waals surface area contributed by atoms with Crippen molar-refractivity contribution in [3.05, 3.63) is 66.5 Å². The quantitative estimate of drug-likeness (QED) is 0.722. The third kappa shape index (κ3) is 2.84. The minimum absolute atomic E-state index is 0.457. The van der Waals surface area contributed by atoms with Crippen LogP contribution in [0.25, 0.3) is 10.8 Å². The lowest BCUT2D eigenvalue weighted by molar-refractivity contribution is 0.139. The van der Waals surface area contributed by atoms with Crippen LogP contribution in [0.2, 0.25) is 0 Å². The molecule has 1 unspecified atom stereocenters. The first-order chi connectivity index (χ1) is 11.3. The second-order valence-corrected chi connectivity index (χ2v) is 6.20. The molecule has 1 aliphatic rings. The molecule has 118 valence electrons. The van der Waals surface area contributed by atoms with Crippen molar-refractivity contribution >= 4 is 10.8 Å². The van der Waals surface area contributed by atoms with E-state index in [2.05, 4.69) is 77.2 Å². The summed E-state index contributed by atoms with van der Waals surface area (Å²) in [5.74, 6) is 0.955. The number of benzene rings is 2. The van der Waals surface area contributed by atoms with Crippen LogP contribution in [0.4, 0.5) is 0 Å². The molecular weight excluding hydrogens is 284 g/mol. The van der Waals surface area contributed by atoms with Crippen LogP contribution in [0.15, 0.2) is 60.8 Å². The first-order valence-electron chi connectivity index (χ1n) is 8.32. The van der Waals surface area contributed by atoms with Gasteiger partial charge >= 0.3 is 0 Å². The highest BCUT2D eigenvalue weighted by Gasteiger charge is 2.22. The molecule has 4 rings (SSSR count). The summed E-state index contributed by atoms with van der Waals surface area (Å²) in [4.78, 5) is 2.50. The topological polar surface area (TPSA) is 17.4 Å². The maximum atomic E-state index is 5.99. The van der Waals surface area contributed by atoms with Crippen molar-refractivity contribution in [1.29, 1.82) is 0 Å². The zero-order chi connectivity index (χ0) is 15.6. The maximum absolute atomic E-state index is 5.99. The van der Waals surface area contributed by atoms with E-state index in [1.165, 1.54) is 16.5 Å². The van der Waals surface area contributed by atoms with Crippen LogP contribution in [0.5, 0.6) is 5.75 Å². The van der Waals surface area contributed by atoms with Crippen molar-refractivity contribution in [3.8, 4) is 5.75 Å². The van der Waals surface area contributed by atoms with Crippen molar-refractivity contribution in [1.82, 2.24) is 9.47 Å². The van der Waals surface area contributed by atoms with Crippen LogP contribution in [-0.2, 0) is 6.54 Å². The summed E-state index contributed by atoms with van der Waals surface area (Å²) >= 11 is 0. The Morgan fingerprint density at radius 1 is 1.00 bits per heavy atom. The van der Waals surface area contributed by atoms with Crippen LogP contribution >= 0.6 is 0 Å². The van der Waals surface area contributed by atoms with Crippen LogP contribution in [0.3, 0.4) is 0 Å². The molecule has 1 aromatic heterocycles. The number of hydrogen-bond acceptors (Lipinski definition) is 2. The summed E-state index contributed by atoms with van der Waals surface area (Å²) in [7, 11) is 0. The van der Waals surface area contributed by atoms with Gasteiger partial charge in [0.2, 0.25) is 0 Å². The molecular formula is C20H22N2O. The van der Waals surface area contributed by atoms with Gasteiger partial charge in [-0.2, -0.15) is 0 Å². The number of rotatable bonds is 4. The summed E-state index contributed by atoms with van der Waals surface area (Å²) in [5.41, 5.74) is 1.40. The molecule has 3 aromatic rings. The number of fused-ring (bicyclic) bond motifs is 2. The number of ether oxygens (including phenoxy) is 1. The van der Waals surface area contributed by atoms with Crippen molar-refractivity contribution in [2.75, 3.05) is 19.7 Å². The monoisotopic (exact) mass is 306 g/mol. The Morgan fingerprint density at radius 2 is 1.87 bits per heavy atom. The largest absolute Gasteiger partial charge is 0.492 e. The van der Waals surface area contributed by atoms with Gasteiger partial charge in [-0.15, -0.1) is 0 Å².